The fraction of sp³-hybridized carbons (Fsp3) is 0.857. The van der Waals surface area contributed by atoms with E-state index in [1.807, 2.05) is 13.8 Å². The van der Waals surface area contributed by atoms with E-state index in [4.69, 9.17) is 10.6 Å². The van der Waals surface area contributed by atoms with Gasteiger partial charge in [0.05, 0.1) is 12.6 Å². The Morgan fingerprint density at radius 1 is 1.67 bits per heavy atom. The van der Waals surface area contributed by atoms with Crippen LogP contribution < -0.4 is 5.73 Å². The van der Waals surface area contributed by atoms with Gasteiger partial charge in [-0.3, -0.25) is 4.84 Å². The molecule has 0 bridgehead atoms. The molecule has 4 nitrogen and oxygen atoms in total. The molecule has 0 aromatic carbocycles. The maximum Gasteiger partial charge on any atom is 0.338 e. The zero-order valence-electron chi connectivity index (χ0n) is 8.04. The second kappa shape index (κ2) is 6.02. The lowest BCUT2D eigenvalue weighted by Crippen LogP contribution is -2.38. The van der Waals surface area contributed by atoms with E-state index in [-0.39, 0.29) is 6.10 Å². The molecule has 0 saturated carbocycles. The molecule has 0 aromatic heterocycles. The SMILES string of the molecule is CC(C)ON(CCC[SiH3])C(N)=O. The first-order valence-corrected chi connectivity index (χ1v) is 5.73. The number of hydrogen-bond acceptors (Lipinski definition) is 2. The molecule has 0 aromatic rings. The lowest BCUT2D eigenvalue weighted by Gasteiger charge is -2.21. The molecule has 5 heteroatoms. The van der Waals surface area contributed by atoms with Crippen molar-refractivity contribution in [2.24, 2.45) is 5.73 Å². The molecular formula is C7H18N2O2Si. The van der Waals surface area contributed by atoms with E-state index in [2.05, 4.69) is 0 Å². The van der Waals surface area contributed by atoms with E-state index >= 15 is 0 Å². The third-order valence-electron chi connectivity index (χ3n) is 1.30. The molecule has 72 valence electrons. The Kier molecular flexibility index (Phi) is 5.74. The van der Waals surface area contributed by atoms with Crippen molar-refractivity contribution in [3.05, 3.63) is 0 Å². The second-order valence-electron chi connectivity index (χ2n) is 2.95. The Bertz CT molecular complexity index is 141. The molecule has 0 unspecified atom stereocenters. The third-order valence-corrected chi connectivity index (χ3v) is 2.01. The molecule has 0 aliphatic rings. The van der Waals surface area contributed by atoms with E-state index in [1.165, 1.54) is 5.06 Å². The number of hydroxylamine groups is 2. The molecular weight excluding hydrogens is 172 g/mol. The molecule has 2 N–H and O–H groups in total. The van der Waals surface area contributed by atoms with E-state index in [0.717, 1.165) is 22.7 Å². The van der Waals surface area contributed by atoms with Crippen LogP contribution in [0.3, 0.4) is 0 Å². The minimum Gasteiger partial charge on any atom is -0.350 e. The lowest BCUT2D eigenvalue weighted by molar-refractivity contribution is -0.145. The molecule has 0 aliphatic carbocycles. The summed E-state index contributed by atoms with van der Waals surface area (Å²) in [6.45, 7) is 4.35. The standard InChI is InChI=1S/C7H18N2O2Si/c1-6(2)11-9(7(8)10)4-3-5-12/h6H,3-5H2,1-2,12H3,(H2,8,10). The fourth-order valence-corrected chi connectivity index (χ4v) is 1.09. The highest BCUT2D eigenvalue weighted by molar-refractivity contribution is 6.08. The van der Waals surface area contributed by atoms with E-state index in [1.54, 1.807) is 0 Å². The molecule has 0 fully saturated rings. The van der Waals surface area contributed by atoms with Gasteiger partial charge in [0.1, 0.15) is 0 Å². The van der Waals surface area contributed by atoms with Crippen LogP contribution in [0.1, 0.15) is 20.3 Å². The van der Waals surface area contributed by atoms with E-state index in [0.29, 0.717) is 6.54 Å². The number of rotatable bonds is 5. The maximum absolute atomic E-state index is 10.8. The number of primary amides is 1. The number of hydrogen-bond donors (Lipinski definition) is 1. The first-order valence-electron chi connectivity index (χ1n) is 4.31. The summed E-state index contributed by atoms with van der Waals surface area (Å²) in [5.74, 6) is 0. The first kappa shape index (κ1) is 11.4. The van der Waals surface area contributed by atoms with Gasteiger partial charge in [0, 0.05) is 10.2 Å². The highest BCUT2D eigenvalue weighted by Gasteiger charge is 2.10. The lowest BCUT2D eigenvalue weighted by atomic mass is 10.4. The monoisotopic (exact) mass is 190 g/mol. The van der Waals surface area contributed by atoms with E-state index in [9.17, 15) is 4.79 Å². The van der Waals surface area contributed by atoms with Crippen LogP contribution in [0.5, 0.6) is 0 Å². The van der Waals surface area contributed by atoms with Crippen LogP contribution in [0.2, 0.25) is 6.04 Å². The summed E-state index contributed by atoms with van der Waals surface area (Å²) in [5, 5.41) is 1.24. The zero-order valence-corrected chi connectivity index (χ0v) is 10.0. The average Bonchev–Trinajstić information content (AvgIpc) is 1.96. The Morgan fingerprint density at radius 3 is 2.58 bits per heavy atom. The molecule has 2 amide bonds. The van der Waals surface area contributed by atoms with Gasteiger partial charge in [0.25, 0.3) is 0 Å². The summed E-state index contributed by atoms with van der Waals surface area (Å²) in [4.78, 5) is 16.0. The molecule has 0 spiro atoms. The normalized spacial score (nSPS) is 10.6. The van der Waals surface area contributed by atoms with Gasteiger partial charge in [-0.15, -0.1) is 0 Å². The number of carbonyl (C=O) groups excluding carboxylic acids is 1. The molecule has 0 radical (unpaired) electrons. The number of carbonyl (C=O) groups is 1. The average molecular weight is 190 g/mol. The summed E-state index contributed by atoms with van der Waals surface area (Å²) >= 11 is 0. The van der Waals surface area contributed by atoms with Crippen molar-refractivity contribution in [3.8, 4) is 0 Å². The van der Waals surface area contributed by atoms with Crippen molar-refractivity contribution in [2.45, 2.75) is 32.4 Å². The van der Waals surface area contributed by atoms with Crippen molar-refractivity contribution in [1.82, 2.24) is 5.06 Å². The zero-order chi connectivity index (χ0) is 9.56. The maximum atomic E-state index is 10.8. The number of amides is 2. The first-order chi connectivity index (χ1) is 5.57. The van der Waals surface area contributed by atoms with Gasteiger partial charge < -0.3 is 5.73 Å². The van der Waals surface area contributed by atoms with Crippen LogP contribution in [0.15, 0.2) is 0 Å². The summed E-state index contributed by atoms with van der Waals surface area (Å²) < 4.78 is 0. The van der Waals surface area contributed by atoms with Gasteiger partial charge in [0.15, 0.2) is 0 Å². The molecule has 0 rings (SSSR count). The minimum atomic E-state index is -0.501. The Balaban J connectivity index is 3.78. The molecule has 0 saturated heterocycles. The topological polar surface area (TPSA) is 55.6 Å². The molecule has 12 heavy (non-hydrogen) atoms. The Morgan fingerprint density at radius 2 is 2.25 bits per heavy atom. The van der Waals surface area contributed by atoms with Crippen LogP contribution >= 0.6 is 0 Å². The van der Waals surface area contributed by atoms with Gasteiger partial charge in [-0.1, -0.05) is 6.04 Å². The van der Waals surface area contributed by atoms with Crippen LogP contribution in [0, 0.1) is 0 Å². The number of urea groups is 1. The van der Waals surface area contributed by atoms with Crippen molar-refractivity contribution in [2.75, 3.05) is 6.54 Å². The minimum absolute atomic E-state index is 0.00611. The summed E-state index contributed by atoms with van der Waals surface area (Å²) in [5.41, 5.74) is 5.10. The second-order valence-corrected chi connectivity index (χ2v) is 3.95. The molecule has 0 aliphatic heterocycles. The Labute approximate surface area is 76.4 Å². The Hall–Kier alpha value is -0.553. The predicted molar refractivity (Wildman–Crippen MR) is 51.9 cm³/mol. The molecule has 0 atom stereocenters. The van der Waals surface area contributed by atoms with Crippen LogP contribution in [0.25, 0.3) is 0 Å². The quantitative estimate of drug-likeness (QED) is 0.485. The predicted octanol–water partition coefficient (Wildman–Crippen LogP) is -0.119. The largest absolute Gasteiger partial charge is 0.350 e. The highest BCUT2D eigenvalue weighted by Crippen LogP contribution is 1.99. The summed E-state index contributed by atoms with van der Waals surface area (Å²) in [6.07, 6.45) is 0.980. The smallest absolute Gasteiger partial charge is 0.338 e. The van der Waals surface area contributed by atoms with Gasteiger partial charge in [-0.05, 0) is 20.3 Å². The van der Waals surface area contributed by atoms with Crippen LogP contribution in [0.4, 0.5) is 4.79 Å². The number of nitrogens with two attached hydrogens (primary N) is 1. The summed E-state index contributed by atoms with van der Waals surface area (Å²) in [7, 11) is 1.15. The van der Waals surface area contributed by atoms with E-state index < -0.39 is 6.03 Å². The van der Waals surface area contributed by atoms with Crippen molar-refractivity contribution >= 4 is 16.3 Å². The van der Waals surface area contributed by atoms with Crippen LogP contribution in [-0.2, 0) is 4.84 Å². The highest BCUT2D eigenvalue weighted by atomic mass is 28.1. The number of nitrogens with zero attached hydrogens (tertiary/aromatic N) is 1. The van der Waals surface area contributed by atoms with Crippen molar-refractivity contribution in [1.29, 1.82) is 0 Å². The van der Waals surface area contributed by atoms with Crippen molar-refractivity contribution < 1.29 is 9.63 Å². The van der Waals surface area contributed by atoms with Gasteiger partial charge >= 0.3 is 6.03 Å². The van der Waals surface area contributed by atoms with Gasteiger partial charge in [-0.25, -0.2) is 9.86 Å². The third kappa shape index (κ3) is 5.14. The van der Waals surface area contributed by atoms with Crippen LogP contribution in [-0.4, -0.2) is 34.0 Å². The van der Waals surface area contributed by atoms with Gasteiger partial charge in [-0.2, -0.15) is 0 Å². The van der Waals surface area contributed by atoms with Gasteiger partial charge in [0.2, 0.25) is 0 Å². The fourth-order valence-electron chi connectivity index (χ4n) is 0.771. The molecule has 0 heterocycles. The van der Waals surface area contributed by atoms with Crippen molar-refractivity contribution in [3.63, 3.8) is 0 Å². The summed E-state index contributed by atoms with van der Waals surface area (Å²) in [6, 6.07) is 0.657.